The Hall–Kier alpha value is -2.12. The SMILES string of the molecule is Cc1cc(NC(=O)c2ccco2)sc1C(=O)N1CCC(CN)CC1. The minimum absolute atomic E-state index is 0.0338. The lowest BCUT2D eigenvalue weighted by Gasteiger charge is -2.31. The Morgan fingerprint density at radius 2 is 2.17 bits per heavy atom. The third-order valence-electron chi connectivity index (χ3n) is 4.33. The normalized spacial score (nSPS) is 15.5. The van der Waals surface area contributed by atoms with Crippen molar-refractivity contribution in [1.29, 1.82) is 0 Å². The summed E-state index contributed by atoms with van der Waals surface area (Å²) in [5, 5.41) is 3.43. The van der Waals surface area contributed by atoms with Gasteiger partial charge in [-0.1, -0.05) is 0 Å². The van der Waals surface area contributed by atoms with E-state index >= 15 is 0 Å². The summed E-state index contributed by atoms with van der Waals surface area (Å²) in [6, 6.07) is 5.09. The summed E-state index contributed by atoms with van der Waals surface area (Å²) in [6.07, 6.45) is 3.36. The van der Waals surface area contributed by atoms with Crippen LogP contribution in [0.4, 0.5) is 5.00 Å². The van der Waals surface area contributed by atoms with Crippen molar-refractivity contribution in [3.63, 3.8) is 0 Å². The lowest BCUT2D eigenvalue weighted by molar-refractivity contribution is 0.0697. The number of nitrogens with one attached hydrogen (secondary N) is 1. The van der Waals surface area contributed by atoms with Crippen LogP contribution in [0, 0.1) is 12.8 Å². The first-order valence-corrected chi connectivity index (χ1v) is 8.84. The van der Waals surface area contributed by atoms with Crippen LogP contribution >= 0.6 is 11.3 Å². The fourth-order valence-electron chi connectivity index (χ4n) is 2.85. The van der Waals surface area contributed by atoms with Crippen molar-refractivity contribution in [2.45, 2.75) is 19.8 Å². The van der Waals surface area contributed by atoms with Crippen molar-refractivity contribution in [3.8, 4) is 0 Å². The van der Waals surface area contributed by atoms with Crippen molar-refractivity contribution < 1.29 is 14.0 Å². The molecular weight excluding hydrogens is 326 g/mol. The van der Waals surface area contributed by atoms with Crippen LogP contribution in [0.3, 0.4) is 0 Å². The van der Waals surface area contributed by atoms with Crippen LogP contribution in [0.5, 0.6) is 0 Å². The first-order valence-electron chi connectivity index (χ1n) is 8.03. The van der Waals surface area contributed by atoms with E-state index in [0.717, 1.165) is 31.5 Å². The molecule has 2 aromatic rings. The van der Waals surface area contributed by atoms with Gasteiger partial charge in [0, 0.05) is 13.1 Å². The molecule has 0 radical (unpaired) electrons. The fourth-order valence-corrected chi connectivity index (χ4v) is 3.89. The van der Waals surface area contributed by atoms with Gasteiger partial charge in [-0.2, -0.15) is 0 Å². The maximum Gasteiger partial charge on any atom is 0.291 e. The minimum atomic E-state index is -0.316. The highest BCUT2D eigenvalue weighted by Crippen LogP contribution is 2.29. The predicted molar refractivity (Wildman–Crippen MR) is 93.4 cm³/mol. The minimum Gasteiger partial charge on any atom is -0.459 e. The van der Waals surface area contributed by atoms with Crippen LogP contribution in [0.2, 0.25) is 0 Å². The Labute approximate surface area is 144 Å². The Morgan fingerprint density at radius 1 is 1.42 bits per heavy atom. The number of nitrogens with zero attached hydrogens (tertiary/aromatic N) is 1. The number of hydrogen-bond acceptors (Lipinski definition) is 5. The zero-order valence-electron chi connectivity index (χ0n) is 13.6. The second-order valence-corrected chi connectivity index (χ2v) is 7.08. The molecule has 0 aromatic carbocycles. The third kappa shape index (κ3) is 3.52. The summed E-state index contributed by atoms with van der Waals surface area (Å²) in [7, 11) is 0. The average molecular weight is 347 g/mol. The molecular formula is C17H21N3O3S. The first kappa shape index (κ1) is 16.7. The Morgan fingerprint density at radius 3 is 2.79 bits per heavy atom. The van der Waals surface area contributed by atoms with Gasteiger partial charge in [0.15, 0.2) is 5.76 Å². The topological polar surface area (TPSA) is 88.6 Å². The van der Waals surface area contributed by atoms with Gasteiger partial charge in [0.2, 0.25) is 0 Å². The van der Waals surface area contributed by atoms with Crippen LogP contribution in [-0.4, -0.2) is 36.3 Å². The monoisotopic (exact) mass is 347 g/mol. The number of amides is 2. The van der Waals surface area contributed by atoms with Gasteiger partial charge >= 0.3 is 0 Å². The number of piperidine rings is 1. The van der Waals surface area contributed by atoms with Crippen molar-refractivity contribution in [2.75, 3.05) is 25.0 Å². The molecule has 128 valence electrons. The molecule has 1 aliphatic heterocycles. The summed E-state index contributed by atoms with van der Waals surface area (Å²) < 4.78 is 5.08. The van der Waals surface area contributed by atoms with E-state index in [2.05, 4.69) is 5.32 Å². The summed E-state index contributed by atoms with van der Waals surface area (Å²) >= 11 is 1.30. The van der Waals surface area contributed by atoms with Crippen molar-refractivity contribution >= 4 is 28.2 Å². The number of furan rings is 1. The molecule has 0 aliphatic carbocycles. The molecule has 0 unspecified atom stereocenters. The van der Waals surface area contributed by atoms with Gasteiger partial charge < -0.3 is 20.4 Å². The Bertz CT molecular complexity index is 716. The maximum atomic E-state index is 12.7. The first-order chi connectivity index (χ1) is 11.6. The van der Waals surface area contributed by atoms with E-state index < -0.39 is 0 Å². The molecule has 2 aromatic heterocycles. The van der Waals surface area contributed by atoms with Crippen molar-refractivity contribution in [3.05, 3.63) is 40.7 Å². The largest absolute Gasteiger partial charge is 0.459 e. The highest BCUT2D eigenvalue weighted by molar-refractivity contribution is 7.18. The van der Waals surface area contributed by atoms with Crippen LogP contribution in [0.25, 0.3) is 0 Å². The summed E-state index contributed by atoms with van der Waals surface area (Å²) in [5.41, 5.74) is 6.58. The van der Waals surface area contributed by atoms with E-state index in [0.29, 0.717) is 22.3 Å². The molecule has 3 heterocycles. The van der Waals surface area contributed by atoms with Gasteiger partial charge in [-0.3, -0.25) is 9.59 Å². The average Bonchev–Trinajstić information content (AvgIpc) is 3.24. The summed E-state index contributed by atoms with van der Waals surface area (Å²) in [6.45, 7) is 4.06. The molecule has 0 bridgehead atoms. The fraction of sp³-hybridized carbons (Fsp3) is 0.412. The molecule has 1 aliphatic rings. The van der Waals surface area contributed by atoms with E-state index in [1.54, 1.807) is 12.1 Å². The van der Waals surface area contributed by atoms with E-state index in [4.69, 9.17) is 10.2 Å². The lowest BCUT2D eigenvalue weighted by atomic mass is 9.97. The van der Waals surface area contributed by atoms with Crippen LogP contribution in [0.15, 0.2) is 28.9 Å². The smallest absolute Gasteiger partial charge is 0.291 e. The standard InChI is InChI=1S/C17H21N3O3S/c1-11-9-14(19-16(21)13-3-2-8-23-13)24-15(11)17(22)20-6-4-12(10-18)5-7-20/h2-3,8-9,12H,4-7,10,18H2,1H3,(H,19,21). The Balaban J connectivity index is 1.67. The van der Waals surface area contributed by atoms with Gasteiger partial charge in [-0.05, 0) is 56.0 Å². The van der Waals surface area contributed by atoms with Gasteiger partial charge in [0.05, 0.1) is 16.1 Å². The molecule has 24 heavy (non-hydrogen) atoms. The number of anilines is 1. The highest BCUT2D eigenvalue weighted by Gasteiger charge is 2.25. The predicted octanol–water partition coefficient (Wildman–Crippen LogP) is 2.71. The number of hydrogen-bond donors (Lipinski definition) is 2. The van der Waals surface area contributed by atoms with E-state index in [9.17, 15) is 9.59 Å². The Kier molecular flexibility index (Phi) is 5.01. The molecule has 3 N–H and O–H groups in total. The van der Waals surface area contributed by atoms with E-state index in [-0.39, 0.29) is 17.6 Å². The van der Waals surface area contributed by atoms with Crippen molar-refractivity contribution in [1.82, 2.24) is 4.90 Å². The van der Waals surface area contributed by atoms with Gasteiger partial charge in [-0.15, -0.1) is 11.3 Å². The molecule has 7 heteroatoms. The number of nitrogens with two attached hydrogens (primary N) is 1. The van der Waals surface area contributed by atoms with E-state index in [1.807, 2.05) is 17.9 Å². The van der Waals surface area contributed by atoms with Gasteiger partial charge in [0.1, 0.15) is 0 Å². The number of carbonyl (C=O) groups excluding carboxylic acids is 2. The molecule has 0 atom stereocenters. The zero-order valence-corrected chi connectivity index (χ0v) is 14.4. The molecule has 3 rings (SSSR count). The maximum absolute atomic E-state index is 12.7. The molecule has 2 amide bonds. The lowest BCUT2D eigenvalue weighted by Crippen LogP contribution is -2.39. The number of likely N-dealkylation sites (tertiary alicyclic amines) is 1. The summed E-state index contributed by atoms with van der Waals surface area (Å²) in [4.78, 5) is 27.3. The zero-order chi connectivity index (χ0) is 17.1. The van der Waals surface area contributed by atoms with E-state index in [1.165, 1.54) is 17.6 Å². The number of aryl methyl sites for hydroxylation is 1. The number of rotatable bonds is 4. The molecule has 0 spiro atoms. The van der Waals surface area contributed by atoms with Gasteiger partial charge in [0.25, 0.3) is 11.8 Å². The second kappa shape index (κ2) is 7.19. The molecule has 6 nitrogen and oxygen atoms in total. The summed E-state index contributed by atoms with van der Waals surface area (Å²) in [5.74, 6) is 0.481. The van der Waals surface area contributed by atoms with Crippen molar-refractivity contribution in [2.24, 2.45) is 11.7 Å². The number of carbonyl (C=O) groups is 2. The highest BCUT2D eigenvalue weighted by atomic mass is 32.1. The third-order valence-corrected chi connectivity index (χ3v) is 5.47. The van der Waals surface area contributed by atoms with Gasteiger partial charge in [-0.25, -0.2) is 0 Å². The van der Waals surface area contributed by atoms with Crippen LogP contribution in [-0.2, 0) is 0 Å². The quantitative estimate of drug-likeness (QED) is 0.890. The van der Waals surface area contributed by atoms with Crippen LogP contribution in [0.1, 0.15) is 38.6 Å². The number of thiophene rings is 1. The molecule has 1 saturated heterocycles. The molecule has 0 saturated carbocycles. The second-order valence-electron chi connectivity index (χ2n) is 6.03. The molecule has 1 fully saturated rings. The van der Waals surface area contributed by atoms with Crippen LogP contribution < -0.4 is 11.1 Å².